The number of amidine groups is 1. The molecule has 1 aromatic heterocycles. The summed E-state index contributed by atoms with van der Waals surface area (Å²) in [4.78, 5) is 4.15. The fraction of sp³-hybridized carbons (Fsp3) is 0.125. The van der Waals surface area contributed by atoms with Crippen molar-refractivity contribution >= 4 is 46.6 Å². The Balaban J connectivity index is 0.00000312. The van der Waals surface area contributed by atoms with E-state index in [4.69, 9.17) is 24.2 Å². The van der Waals surface area contributed by atoms with Crippen LogP contribution in [-0.4, -0.2) is 28.6 Å². The molecule has 0 aliphatic heterocycles. The van der Waals surface area contributed by atoms with Crippen molar-refractivity contribution in [1.29, 1.82) is 0 Å². The fourth-order valence-electron chi connectivity index (χ4n) is 1.72. The number of aromatic nitrogens is 1. The number of nitrogens with one attached hydrogen (secondary N) is 2. The molecule has 0 unspecified atom stereocenters. The van der Waals surface area contributed by atoms with Gasteiger partial charge in [-0.3, -0.25) is 5.43 Å². The number of pyridine rings is 1. The summed E-state index contributed by atoms with van der Waals surface area (Å²) in [5.74, 6) is 0.573. The van der Waals surface area contributed by atoms with E-state index in [-0.39, 0.29) is 19.5 Å². The normalized spacial score (nSPS) is 12.4. The predicted octanol–water partition coefficient (Wildman–Crippen LogP) is 3.05. The largest absolute Gasteiger partial charge is 0.741 e. The Hall–Kier alpha value is -1.89. The Kier molecular flexibility index (Phi) is 9.20. The van der Waals surface area contributed by atoms with Crippen molar-refractivity contribution in [3.05, 3.63) is 59.2 Å². The third kappa shape index (κ3) is 6.86. The van der Waals surface area contributed by atoms with Gasteiger partial charge in [0.25, 0.3) is 0 Å². The fourth-order valence-corrected chi connectivity index (χ4v) is 1.88. The van der Waals surface area contributed by atoms with Gasteiger partial charge in [0.2, 0.25) is 0 Å². The molecule has 2 aromatic rings. The first kappa shape index (κ1) is 21.2. The molecule has 0 aliphatic rings. The average molecular weight is 425 g/mol. The van der Waals surface area contributed by atoms with Crippen LogP contribution in [0.15, 0.2) is 64.0 Å². The second-order valence-electron chi connectivity index (χ2n) is 4.64. The number of benzene rings is 1. The Morgan fingerprint density at radius 3 is 2.44 bits per heavy atom. The van der Waals surface area contributed by atoms with Gasteiger partial charge < -0.3 is 17.9 Å². The van der Waals surface area contributed by atoms with Crippen LogP contribution in [0, 0.1) is 0 Å². The molecule has 9 heteroatoms. The summed E-state index contributed by atoms with van der Waals surface area (Å²) in [7, 11) is 1.69. The molecule has 2 N–H and O–H groups in total. The molecule has 0 saturated heterocycles. The van der Waals surface area contributed by atoms with Crippen molar-refractivity contribution in [3.8, 4) is 0 Å². The van der Waals surface area contributed by atoms with E-state index in [2.05, 4.69) is 31.0 Å². The number of halogens is 1. The number of rotatable bonds is 5. The van der Waals surface area contributed by atoms with Crippen LogP contribution in [0.1, 0.15) is 12.5 Å². The van der Waals surface area contributed by atoms with Gasteiger partial charge in [-0.15, -0.1) is 0 Å². The van der Waals surface area contributed by atoms with Crippen molar-refractivity contribution < 1.29 is 19.5 Å². The van der Waals surface area contributed by atoms with E-state index in [9.17, 15) is 0 Å². The van der Waals surface area contributed by atoms with Gasteiger partial charge in [-0.05, 0) is 24.2 Å². The molecule has 126 valence electrons. The molecular formula is C16H16ClN6SZn-. The third-order valence-corrected chi connectivity index (χ3v) is 3.41. The zero-order valence-corrected chi connectivity index (χ0v) is 18.4. The summed E-state index contributed by atoms with van der Waals surface area (Å²) in [5, 5.41) is 16.1. The van der Waals surface area contributed by atoms with Crippen LogP contribution in [-0.2, 0) is 32.1 Å². The molecule has 0 spiro atoms. The Labute approximate surface area is 170 Å². The predicted molar refractivity (Wildman–Crippen MR) is 103 cm³/mol. The van der Waals surface area contributed by atoms with E-state index in [1.165, 1.54) is 0 Å². The SMILES string of the molecule is CNC([S-])=NN=C(C)C(=NNc1ccc(Cl)cn1)c1ccccc1.[Zn]. The third-order valence-electron chi connectivity index (χ3n) is 2.90. The first-order chi connectivity index (χ1) is 11.6. The standard InChI is InChI=1S/C16H17ClN6S.Zn/c1-11(20-23-16(24)18-2)15(12-6-4-3-5-7-12)22-21-14-9-8-13(17)10-19-14;/h3-10H,1-2H3,(H,19,21)(H2,18,23,24);/p-1. The van der Waals surface area contributed by atoms with Crippen molar-refractivity contribution in [2.45, 2.75) is 6.92 Å². The molecule has 0 saturated carbocycles. The maximum atomic E-state index is 5.83. The molecule has 1 aromatic carbocycles. The minimum atomic E-state index is 0. The van der Waals surface area contributed by atoms with Gasteiger partial charge in [0, 0.05) is 38.3 Å². The number of hydrogen-bond donors (Lipinski definition) is 2. The van der Waals surface area contributed by atoms with Gasteiger partial charge in [-0.25, -0.2) is 4.98 Å². The zero-order valence-electron chi connectivity index (χ0n) is 13.9. The summed E-state index contributed by atoms with van der Waals surface area (Å²) < 4.78 is 0. The van der Waals surface area contributed by atoms with Crippen LogP contribution in [0.2, 0.25) is 5.02 Å². The van der Waals surface area contributed by atoms with Crippen LogP contribution < -0.4 is 10.7 Å². The van der Waals surface area contributed by atoms with Crippen LogP contribution >= 0.6 is 11.6 Å². The van der Waals surface area contributed by atoms with Crippen LogP contribution in [0.25, 0.3) is 0 Å². The molecule has 0 fully saturated rings. The smallest absolute Gasteiger partial charge is 0.146 e. The first-order valence-electron chi connectivity index (χ1n) is 7.08. The molecule has 1 heterocycles. The maximum absolute atomic E-state index is 5.83. The van der Waals surface area contributed by atoms with Gasteiger partial charge in [0.15, 0.2) is 0 Å². The van der Waals surface area contributed by atoms with Gasteiger partial charge in [0.1, 0.15) is 11.5 Å². The topological polar surface area (TPSA) is 74.0 Å². The van der Waals surface area contributed by atoms with Crippen LogP contribution in [0.4, 0.5) is 5.82 Å². The summed E-state index contributed by atoms with van der Waals surface area (Å²) in [5.41, 5.74) is 5.04. The molecule has 2 rings (SSSR count). The molecule has 0 bridgehead atoms. The van der Waals surface area contributed by atoms with Gasteiger partial charge >= 0.3 is 0 Å². The molecule has 0 atom stereocenters. The molecule has 0 aliphatic carbocycles. The van der Waals surface area contributed by atoms with Crippen molar-refractivity contribution in [2.24, 2.45) is 15.3 Å². The van der Waals surface area contributed by atoms with Crippen LogP contribution in [0.5, 0.6) is 0 Å². The monoisotopic (exact) mass is 423 g/mol. The molecule has 0 amide bonds. The van der Waals surface area contributed by atoms with E-state index in [1.54, 1.807) is 25.4 Å². The quantitative estimate of drug-likeness (QED) is 0.254. The van der Waals surface area contributed by atoms with E-state index in [1.807, 2.05) is 37.3 Å². The number of nitrogens with zero attached hydrogens (tertiary/aromatic N) is 4. The summed E-state index contributed by atoms with van der Waals surface area (Å²) >= 11 is 10.8. The Morgan fingerprint density at radius 1 is 1.12 bits per heavy atom. The second-order valence-corrected chi connectivity index (χ2v) is 5.46. The van der Waals surface area contributed by atoms with Crippen LogP contribution in [0.3, 0.4) is 0 Å². The molecule has 0 radical (unpaired) electrons. The second kappa shape index (κ2) is 10.9. The van der Waals surface area contributed by atoms with E-state index in [0.717, 1.165) is 5.56 Å². The molecule has 6 nitrogen and oxygen atoms in total. The van der Waals surface area contributed by atoms with E-state index in [0.29, 0.717) is 27.4 Å². The van der Waals surface area contributed by atoms with Gasteiger partial charge in [-0.2, -0.15) is 15.3 Å². The van der Waals surface area contributed by atoms with Crippen molar-refractivity contribution in [2.75, 3.05) is 12.5 Å². The number of hydrogen-bond acceptors (Lipinski definition) is 6. The number of hydrazone groups is 1. The minimum Gasteiger partial charge on any atom is -0.741 e. The minimum absolute atomic E-state index is 0. The maximum Gasteiger partial charge on any atom is 0.146 e. The zero-order chi connectivity index (χ0) is 17.4. The Bertz CT molecular complexity index is 762. The number of anilines is 1. The average Bonchev–Trinajstić information content (AvgIpc) is 2.62. The summed E-state index contributed by atoms with van der Waals surface area (Å²) in [6.07, 6.45) is 1.54. The summed E-state index contributed by atoms with van der Waals surface area (Å²) in [6.45, 7) is 1.81. The van der Waals surface area contributed by atoms with Crippen molar-refractivity contribution in [3.63, 3.8) is 0 Å². The Morgan fingerprint density at radius 2 is 1.84 bits per heavy atom. The van der Waals surface area contributed by atoms with Gasteiger partial charge in [-0.1, -0.05) is 41.9 Å². The molecule has 25 heavy (non-hydrogen) atoms. The summed E-state index contributed by atoms with van der Waals surface area (Å²) in [6, 6.07) is 13.1. The van der Waals surface area contributed by atoms with E-state index >= 15 is 0 Å². The van der Waals surface area contributed by atoms with Crippen molar-refractivity contribution in [1.82, 2.24) is 10.3 Å². The molecular weight excluding hydrogens is 409 g/mol. The van der Waals surface area contributed by atoms with Gasteiger partial charge in [0.05, 0.1) is 10.7 Å². The van der Waals surface area contributed by atoms with E-state index < -0.39 is 0 Å². The first-order valence-corrected chi connectivity index (χ1v) is 7.87.